The van der Waals surface area contributed by atoms with Crippen LogP contribution in [-0.4, -0.2) is 25.3 Å². The zero-order valence-electron chi connectivity index (χ0n) is 19.8. The van der Waals surface area contributed by atoms with Gasteiger partial charge in [-0.25, -0.2) is 8.42 Å². The Bertz CT molecular complexity index is 1110. The lowest BCUT2D eigenvalue weighted by molar-refractivity contribution is 0.0996. The molecule has 1 aliphatic heterocycles. The summed E-state index contributed by atoms with van der Waals surface area (Å²) in [5.41, 5.74) is 5.54. The van der Waals surface area contributed by atoms with E-state index in [1.165, 1.54) is 11.1 Å². The topological polar surface area (TPSA) is 37.4 Å². The van der Waals surface area contributed by atoms with Gasteiger partial charge in [0.1, 0.15) is 0 Å². The van der Waals surface area contributed by atoms with Gasteiger partial charge in [-0.2, -0.15) is 4.31 Å². The summed E-state index contributed by atoms with van der Waals surface area (Å²) in [5, 5.41) is 0. The molecule has 2 aromatic carbocycles. The molecule has 0 N–H and O–H groups in total. The molecule has 2 aromatic rings. The molecule has 4 rings (SSSR count). The number of fused-ring (bicyclic) bond motifs is 1. The van der Waals surface area contributed by atoms with E-state index in [2.05, 4.69) is 58.0 Å². The molecule has 3 nitrogen and oxygen atoms in total. The summed E-state index contributed by atoms with van der Waals surface area (Å²) in [6.45, 7) is 15.3. The average molecular weight is 438 g/mol. The molecule has 0 saturated heterocycles. The molecule has 31 heavy (non-hydrogen) atoms. The van der Waals surface area contributed by atoms with Crippen LogP contribution in [0.15, 0.2) is 59.0 Å². The van der Waals surface area contributed by atoms with Crippen molar-refractivity contribution in [3.63, 3.8) is 0 Å². The maximum Gasteiger partial charge on any atom is 0.244 e. The Balaban J connectivity index is 1.81. The molecule has 1 aliphatic carbocycles. The largest absolute Gasteiger partial charge is 0.244 e. The third-order valence-electron chi connectivity index (χ3n) is 7.40. The maximum atomic E-state index is 14.0. The van der Waals surface area contributed by atoms with Gasteiger partial charge in [-0.1, -0.05) is 87.4 Å². The van der Waals surface area contributed by atoms with Crippen LogP contribution in [0, 0.1) is 38.0 Å². The van der Waals surface area contributed by atoms with E-state index in [9.17, 15) is 8.42 Å². The van der Waals surface area contributed by atoms with E-state index in [0.717, 1.165) is 16.7 Å². The second kappa shape index (κ2) is 7.60. The summed E-state index contributed by atoms with van der Waals surface area (Å²) in [5.74, 6) is 0.764. The van der Waals surface area contributed by atoms with Gasteiger partial charge in [0.25, 0.3) is 0 Å². The van der Waals surface area contributed by atoms with Crippen LogP contribution in [0.25, 0.3) is 0 Å². The van der Waals surface area contributed by atoms with Crippen molar-refractivity contribution >= 4 is 10.0 Å². The predicted octanol–water partition coefficient (Wildman–Crippen LogP) is 6.01. The molecule has 0 unspecified atom stereocenters. The molecule has 3 atom stereocenters. The Kier molecular flexibility index (Phi) is 5.46. The van der Waals surface area contributed by atoms with E-state index in [4.69, 9.17) is 0 Å². The van der Waals surface area contributed by atoms with Gasteiger partial charge in [0, 0.05) is 24.4 Å². The minimum atomic E-state index is -3.61. The quantitative estimate of drug-likeness (QED) is 0.550. The van der Waals surface area contributed by atoms with Gasteiger partial charge >= 0.3 is 0 Å². The lowest BCUT2D eigenvalue weighted by Gasteiger charge is -2.59. The van der Waals surface area contributed by atoms with E-state index >= 15 is 0 Å². The first-order valence-corrected chi connectivity index (χ1v) is 12.8. The van der Waals surface area contributed by atoms with Crippen molar-refractivity contribution in [1.29, 1.82) is 0 Å². The first kappa shape index (κ1) is 22.3. The van der Waals surface area contributed by atoms with Crippen LogP contribution < -0.4 is 0 Å². The molecule has 0 amide bonds. The normalized spacial score (nSPS) is 25.7. The number of benzene rings is 2. The van der Waals surface area contributed by atoms with Crippen LogP contribution in [0.3, 0.4) is 0 Å². The van der Waals surface area contributed by atoms with Crippen LogP contribution in [0.5, 0.6) is 0 Å². The highest BCUT2D eigenvalue weighted by Gasteiger charge is 2.56. The Morgan fingerprint density at radius 1 is 1.00 bits per heavy atom. The number of hydrogen-bond acceptors (Lipinski definition) is 2. The highest BCUT2D eigenvalue weighted by molar-refractivity contribution is 7.89. The molecule has 0 spiro atoms. The van der Waals surface area contributed by atoms with Gasteiger partial charge < -0.3 is 0 Å². The zero-order chi connectivity index (χ0) is 22.7. The first-order chi connectivity index (χ1) is 14.5. The van der Waals surface area contributed by atoms with Crippen molar-refractivity contribution in [2.75, 3.05) is 6.54 Å². The molecular formula is C27H35NO2S. The van der Waals surface area contributed by atoms with Crippen molar-refractivity contribution in [3.8, 4) is 0 Å². The van der Waals surface area contributed by atoms with E-state index in [-0.39, 0.29) is 23.3 Å². The standard InChI is InChI=1S/C27H35NO2S/c1-17(2)24-15-23-22(25(27(23,6)7)21-11-9-8-10-12-21)16-28(24)31(29,30)26-19(4)13-18(3)14-20(26)5/h8-15,17,22,24-25H,16H2,1-7H3/t22-,24+,25+/m0/s1. The van der Waals surface area contributed by atoms with Crippen molar-refractivity contribution < 1.29 is 8.42 Å². The third-order valence-corrected chi connectivity index (χ3v) is 9.57. The Hall–Kier alpha value is -1.91. The first-order valence-electron chi connectivity index (χ1n) is 11.3. The minimum absolute atomic E-state index is 0.0463. The van der Waals surface area contributed by atoms with E-state index in [1.807, 2.05) is 39.0 Å². The van der Waals surface area contributed by atoms with Crippen molar-refractivity contribution in [2.24, 2.45) is 17.3 Å². The summed E-state index contributed by atoms with van der Waals surface area (Å²) in [4.78, 5) is 0.482. The third kappa shape index (κ3) is 3.48. The molecule has 0 radical (unpaired) electrons. The van der Waals surface area contributed by atoms with Crippen LogP contribution in [0.4, 0.5) is 0 Å². The summed E-state index contributed by atoms with van der Waals surface area (Å²) >= 11 is 0. The summed E-state index contributed by atoms with van der Waals surface area (Å²) in [7, 11) is -3.61. The van der Waals surface area contributed by atoms with Gasteiger partial charge in [0.2, 0.25) is 10.0 Å². The zero-order valence-corrected chi connectivity index (χ0v) is 20.6. The second-order valence-corrected chi connectivity index (χ2v) is 12.2. The summed E-state index contributed by atoms with van der Waals surface area (Å²) in [6, 6.07) is 14.4. The molecule has 2 aliphatic rings. The fourth-order valence-corrected chi connectivity index (χ4v) is 8.30. The summed E-state index contributed by atoms with van der Waals surface area (Å²) < 4.78 is 29.9. The number of rotatable bonds is 4. The molecule has 1 fully saturated rings. The lowest BCUT2D eigenvalue weighted by Crippen LogP contribution is -2.57. The fourth-order valence-electron chi connectivity index (χ4n) is 6.15. The van der Waals surface area contributed by atoms with E-state index in [1.54, 1.807) is 4.31 Å². The Labute approximate surface area is 188 Å². The van der Waals surface area contributed by atoms with Crippen molar-refractivity contribution in [2.45, 2.75) is 65.3 Å². The number of sulfonamides is 1. The van der Waals surface area contributed by atoms with E-state index in [0.29, 0.717) is 17.4 Å². The Morgan fingerprint density at radius 3 is 2.13 bits per heavy atom. The highest BCUT2D eigenvalue weighted by atomic mass is 32.2. The molecule has 0 bridgehead atoms. The van der Waals surface area contributed by atoms with Gasteiger partial charge in [0.15, 0.2) is 0 Å². The molecule has 1 heterocycles. The fraction of sp³-hybridized carbons (Fsp3) is 0.481. The van der Waals surface area contributed by atoms with Gasteiger partial charge in [0.05, 0.1) is 4.90 Å². The van der Waals surface area contributed by atoms with Gasteiger partial charge in [-0.15, -0.1) is 0 Å². The molecule has 4 heteroatoms. The van der Waals surface area contributed by atoms with Crippen molar-refractivity contribution in [3.05, 3.63) is 76.4 Å². The smallest absolute Gasteiger partial charge is 0.207 e. The minimum Gasteiger partial charge on any atom is -0.207 e. The molecule has 1 saturated carbocycles. The predicted molar refractivity (Wildman–Crippen MR) is 128 cm³/mol. The summed E-state index contributed by atoms with van der Waals surface area (Å²) in [6.07, 6.45) is 2.27. The number of hydrogen-bond donors (Lipinski definition) is 0. The number of aryl methyl sites for hydroxylation is 3. The molecule has 166 valence electrons. The van der Waals surface area contributed by atoms with Crippen LogP contribution in [0.2, 0.25) is 0 Å². The number of nitrogens with zero attached hydrogens (tertiary/aromatic N) is 1. The van der Waals surface area contributed by atoms with Crippen LogP contribution in [0.1, 0.15) is 55.9 Å². The SMILES string of the molecule is Cc1cc(C)c(S(=O)(=O)N2C[C@H]3C(=C[C@@H]2C(C)C)C(C)(C)[C@@H]3c2ccccc2)c(C)c1. The van der Waals surface area contributed by atoms with Crippen LogP contribution >= 0.6 is 0 Å². The van der Waals surface area contributed by atoms with Crippen molar-refractivity contribution in [1.82, 2.24) is 4.31 Å². The second-order valence-electron chi connectivity index (χ2n) is 10.4. The lowest BCUT2D eigenvalue weighted by atomic mass is 9.49. The average Bonchev–Trinajstić information content (AvgIpc) is 2.66. The van der Waals surface area contributed by atoms with Gasteiger partial charge in [-0.05, 0) is 48.8 Å². The van der Waals surface area contributed by atoms with E-state index < -0.39 is 10.0 Å². The van der Waals surface area contributed by atoms with Crippen LogP contribution in [-0.2, 0) is 10.0 Å². The molecular weight excluding hydrogens is 402 g/mol. The molecule has 0 aromatic heterocycles. The van der Waals surface area contributed by atoms with Gasteiger partial charge in [-0.3, -0.25) is 0 Å². The highest BCUT2D eigenvalue weighted by Crippen LogP contribution is 2.62. The Morgan fingerprint density at radius 2 is 1.58 bits per heavy atom. The monoisotopic (exact) mass is 437 g/mol. The maximum absolute atomic E-state index is 14.0.